The summed E-state index contributed by atoms with van der Waals surface area (Å²) in [5, 5.41) is 18.6. The molecule has 24 heteroatoms. The number of thioether (sulfide) groups is 1. The first kappa shape index (κ1) is 85.5. The third-order valence-corrected chi connectivity index (χ3v) is 20.5. The molecule has 2 aliphatic rings. The number of ether oxygens (including phenoxy) is 3. The van der Waals surface area contributed by atoms with Gasteiger partial charge in [-0.3, -0.25) is 48.1 Å². The number of rotatable bonds is 41. The molecular formula is C74H118N8O15S. The van der Waals surface area contributed by atoms with E-state index in [1.807, 2.05) is 83.7 Å². The van der Waals surface area contributed by atoms with E-state index < -0.39 is 60.3 Å². The largest absolute Gasteiger partial charge is 0.445 e. The Hall–Kier alpha value is -6.76. The number of primary amides is 1. The number of unbranched alkanes of at least 4 members (excludes halogenated alkanes) is 2. The number of Topliss-reactive ketones (excluding diaryl/α,β-unsaturated/α-hetero) is 3. The zero-order valence-corrected chi connectivity index (χ0v) is 62.4. The number of nitrogens with one attached hydrogen (secondary N) is 3. The van der Waals surface area contributed by atoms with Crippen molar-refractivity contribution in [2.45, 2.75) is 227 Å². The predicted octanol–water partition coefficient (Wildman–Crippen LogP) is 9.94. The number of imide groups is 1. The zero-order chi connectivity index (χ0) is 73.7. The van der Waals surface area contributed by atoms with Gasteiger partial charge in [-0.15, -0.1) is 0 Å². The number of nitrogens with zero attached hydrogens (tertiary/aromatic N) is 4. The van der Waals surface area contributed by atoms with Crippen molar-refractivity contribution in [3.05, 3.63) is 65.7 Å². The summed E-state index contributed by atoms with van der Waals surface area (Å²) >= 11 is 1.37. The smallest absolute Gasteiger partial charge is 0.410 e. The molecule has 2 aliphatic heterocycles. The lowest BCUT2D eigenvalue weighted by Gasteiger charge is -2.39. The molecule has 23 nitrogen and oxygen atoms in total. The fraction of sp³-hybridized carbons (Fsp3) is 0.689. The van der Waals surface area contributed by atoms with Gasteiger partial charge in [0, 0.05) is 105 Å². The van der Waals surface area contributed by atoms with Crippen molar-refractivity contribution in [2.75, 3.05) is 59.5 Å². The number of aliphatic hydroxyl groups is 1. The van der Waals surface area contributed by atoms with Gasteiger partial charge in [0.25, 0.3) is 0 Å². The molecule has 0 aliphatic carbocycles. The number of hydrogen-bond acceptors (Lipinski definition) is 16. The molecule has 2 fully saturated rings. The molecule has 2 aromatic rings. The van der Waals surface area contributed by atoms with E-state index in [2.05, 4.69) is 43.6 Å². The van der Waals surface area contributed by atoms with Crippen LogP contribution in [-0.4, -0.2) is 185 Å². The van der Waals surface area contributed by atoms with Crippen LogP contribution in [0.25, 0.3) is 0 Å². The van der Waals surface area contributed by atoms with Crippen LogP contribution in [0.2, 0.25) is 0 Å². The highest BCUT2D eigenvalue weighted by Gasteiger charge is 2.43. The Bertz CT molecular complexity index is 2900. The zero-order valence-electron chi connectivity index (χ0n) is 61.6. The van der Waals surface area contributed by atoms with Gasteiger partial charge in [-0.05, 0) is 104 Å². The van der Waals surface area contributed by atoms with Crippen LogP contribution >= 0.6 is 11.8 Å². The lowest BCUT2D eigenvalue weighted by atomic mass is 9.85. The third kappa shape index (κ3) is 26.7. The van der Waals surface area contributed by atoms with Crippen molar-refractivity contribution in [1.82, 2.24) is 30.2 Å². The molecule has 0 spiro atoms. The lowest BCUT2D eigenvalue weighted by molar-refractivity contribution is -0.145. The first-order valence-electron chi connectivity index (χ1n) is 35.1. The molecule has 0 aromatic heterocycles. The Balaban J connectivity index is 0.000000554. The molecule has 2 heterocycles. The number of ketones is 3. The molecule has 0 saturated carbocycles. The van der Waals surface area contributed by atoms with Crippen LogP contribution < -0.4 is 21.7 Å². The summed E-state index contributed by atoms with van der Waals surface area (Å²) in [6.07, 6.45) is 5.33. The summed E-state index contributed by atoms with van der Waals surface area (Å²) in [7, 11) is 6.52. The highest BCUT2D eigenvalue weighted by molar-refractivity contribution is 8.00. The van der Waals surface area contributed by atoms with E-state index in [1.54, 1.807) is 63.7 Å². The van der Waals surface area contributed by atoms with Gasteiger partial charge >= 0.3 is 12.1 Å². The van der Waals surface area contributed by atoms with Crippen molar-refractivity contribution in [2.24, 2.45) is 53.1 Å². The molecule has 6 N–H and O–H groups in total. The second-order valence-corrected chi connectivity index (χ2v) is 29.0. The quantitative estimate of drug-likeness (QED) is 0.0305. The first-order chi connectivity index (χ1) is 46.2. The average molecular weight is 1390 g/mol. The van der Waals surface area contributed by atoms with Gasteiger partial charge in [0.15, 0.2) is 11.6 Å². The Morgan fingerprint density at radius 1 is 0.745 bits per heavy atom. The minimum Gasteiger partial charge on any atom is -0.445 e. The number of nitrogens with two attached hydrogens (primary N) is 1. The van der Waals surface area contributed by atoms with E-state index in [4.69, 9.17) is 19.9 Å². The third-order valence-electron chi connectivity index (χ3n) is 19.6. The number of likely N-dealkylation sites (N-methyl/N-ethyl adjacent to an activating group) is 2. The number of anilines is 1. The van der Waals surface area contributed by atoms with E-state index in [9.17, 15) is 57.8 Å². The molecule has 2 unspecified atom stereocenters. The van der Waals surface area contributed by atoms with Gasteiger partial charge in [0.05, 0.1) is 54.2 Å². The molecule has 98 heavy (non-hydrogen) atoms. The number of aliphatic hydroxyl groups excluding tert-OH is 1. The standard InChI is InChI=1S/C43H68N6O9S.C31H50N2O6/c1-26(2)29(7)22-34(51)39(28(5)6)48(8)43(57)58-25-30-16-18-32(19-17-30)46-40(54)31(14-13-20-45-42(44)56)23-33(50)38(27(3)4)47-36(52)15-11-10-12-21-49-37(53)24-35(59-9)41(49)55;1-9-20(2)29(32(6)23(5)34)27(38-7)19-28(36)33-17-13-16-25(33)31(39-8)22(4)26(35)18-21(3)30(37)24-14-11-10-12-15-24/h16-19,26-29,31,35,38-39H,10-15,20-25H2,1-9H3,(H,46,54)(H,47,52)(H3,44,45,56);10-12,14-15,20-22,25,27,29-31,37H,9,13,16-19H2,1-8H3/t29?,31-,35?,38+,39+;20-,21-,22-,25-,27+,29-,30+,31+/m10/s1. The van der Waals surface area contributed by atoms with E-state index in [0.29, 0.717) is 62.4 Å². The van der Waals surface area contributed by atoms with Gasteiger partial charge in [0.2, 0.25) is 35.4 Å². The van der Waals surface area contributed by atoms with Gasteiger partial charge in [-0.25, -0.2) is 9.59 Å². The van der Waals surface area contributed by atoms with Gasteiger partial charge in [-0.1, -0.05) is 131 Å². The Labute approximate surface area is 587 Å². The normalized spacial score (nSPS) is 18.1. The fourth-order valence-corrected chi connectivity index (χ4v) is 13.6. The van der Waals surface area contributed by atoms with Gasteiger partial charge in [0.1, 0.15) is 12.4 Å². The fourth-order valence-electron chi connectivity index (χ4n) is 12.9. The second-order valence-electron chi connectivity index (χ2n) is 27.9. The van der Waals surface area contributed by atoms with E-state index in [-0.39, 0.29) is 145 Å². The number of benzene rings is 2. The van der Waals surface area contributed by atoms with Gasteiger partial charge < -0.3 is 55.7 Å². The Morgan fingerprint density at radius 3 is 1.94 bits per heavy atom. The van der Waals surface area contributed by atoms with Crippen molar-refractivity contribution < 1.29 is 72.1 Å². The Kier molecular flexibility index (Phi) is 37.5. The monoisotopic (exact) mass is 1390 g/mol. The van der Waals surface area contributed by atoms with Crippen molar-refractivity contribution in [3.63, 3.8) is 0 Å². The minimum absolute atomic E-state index is 0.00443. The lowest BCUT2D eigenvalue weighted by Crippen LogP contribution is -2.52. The average Bonchev–Trinajstić information content (AvgIpc) is 1.57. The Morgan fingerprint density at radius 2 is 1.39 bits per heavy atom. The molecule has 13 atom stereocenters. The van der Waals surface area contributed by atoms with Crippen molar-refractivity contribution in [3.8, 4) is 0 Å². The minimum atomic E-state index is -0.830. The summed E-state index contributed by atoms with van der Waals surface area (Å²) in [4.78, 5) is 147. The first-order valence-corrected chi connectivity index (χ1v) is 36.4. The molecule has 0 radical (unpaired) electrons. The number of amides is 9. The van der Waals surface area contributed by atoms with E-state index in [0.717, 1.165) is 24.8 Å². The number of urea groups is 1. The topological polar surface area (TPSA) is 311 Å². The molecule has 4 rings (SSSR count). The highest BCUT2D eigenvalue weighted by Crippen LogP contribution is 2.33. The van der Waals surface area contributed by atoms with E-state index >= 15 is 0 Å². The molecule has 550 valence electrons. The maximum Gasteiger partial charge on any atom is 0.410 e. The number of likely N-dealkylation sites (tertiary alicyclic amines) is 2. The van der Waals surface area contributed by atoms with Crippen LogP contribution in [0.4, 0.5) is 15.3 Å². The van der Waals surface area contributed by atoms with Crippen LogP contribution in [0.15, 0.2) is 54.6 Å². The molecule has 2 aromatic carbocycles. The summed E-state index contributed by atoms with van der Waals surface area (Å²) in [5.74, 6) is -2.61. The molecule has 2 saturated heterocycles. The number of hydrogen-bond donors (Lipinski definition) is 5. The SMILES string of the molecule is CC[C@H](C)[C@@H]([C@@H](CC(=O)N1CCC[C@H]1[C@H](OC)[C@@H](C)C(=O)C[C@H](C)[C@@H](O)c1ccccc1)OC)N(C)C(C)=O.CSC1CC(=O)N(CCCCCC(=O)N[C@H](C(=O)C[C@@H](CCCNC(N)=O)C(=O)Nc2ccc(COC(=O)N(C)[C@H](C(=O)CC(C)C(C)C)C(C)C)cc2)C(C)C)C1=O. The van der Waals surface area contributed by atoms with Crippen LogP contribution in [0.1, 0.15) is 190 Å². The number of methoxy groups -OCH3 is 2. The van der Waals surface area contributed by atoms with E-state index in [1.165, 1.54) is 28.5 Å². The van der Waals surface area contributed by atoms with Crippen molar-refractivity contribution >= 4 is 82.4 Å². The van der Waals surface area contributed by atoms with Crippen LogP contribution in [0.3, 0.4) is 0 Å². The summed E-state index contributed by atoms with van der Waals surface area (Å²) < 4.78 is 17.2. The maximum atomic E-state index is 13.7. The maximum absolute atomic E-state index is 13.7. The molecule has 0 bridgehead atoms. The number of carbonyl (C=O) groups excluding carboxylic acids is 11. The summed E-state index contributed by atoms with van der Waals surface area (Å²) in [5.41, 5.74) is 7.11. The van der Waals surface area contributed by atoms with Gasteiger partial charge in [-0.2, -0.15) is 11.8 Å². The predicted molar refractivity (Wildman–Crippen MR) is 381 cm³/mol. The van der Waals surface area contributed by atoms with Crippen molar-refractivity contribution in [1.29, 1.82) is 0 Å². The highest BCUT2D eigenvalue weighted by atomic mass is 32.2. The second kappa shape index (κ2) is 43.0. The molecular weight excluding hydrogens is 1270 g/mol. The number of carbonyl (C=O) groups is 11. The molecule has 9 amide bonds. The van der Waals surface area contributed by atoms with Crippen LogP contribution in [0.5, 0.6) is 0 Å². The summed E-state index contributed by atoms with van der Waals surface area (Å²) in [6.45, 7) is 24.1. The van der Waals surface area contributed by atoms with Crippen LogP contribution in [0, 0.1) is 47.3 Å². The summed E-state index contributed by atoms with van der Waals surface area (Å²) in [6, 6.07) is 13.5. The van der Waals surface area contributed by atoms with Crippen LogP contribution in [-0.2, 0) is 64.0 Å².